The van der Waals surface area contributed by atoms with Gasteiger partial charge in [0.15, 0.2) is 28.2 Å². The minimum absolute atomic E-state index is 0.0520. The molecule has 0 heterocycles. The lowest BCUT2D eigenvalue weighted by atomic mass is 9.84. The summed E-state index contributed by atoms with van der Waals surface area (Å²) in [5, 5.41) is 0. The largest absolute Gasteiger partial charge is 0.373 e. The summed E-state index contributed by atoms with van der Waals surface area (Å²) in [5.41, 5.74) is 0.811. The zero-order chi connectivity index (χ0) is 40.0. The normalized spacial score (nSPS) is 13.5. The number of hydrogen-bond acceptors (Lipinski definition) is 7. The van der Waals surface area contributed by atoms with Crippen LogP contribution in [-0.4, -0.2) is 64.3 Å². The first-order chi connectivity index (χ1) is 25.1. The van der Waals surface area contributed by atoms with Gasteiger partial charge in [-0.05, 0) is 46.9 Å². The van der Waals surface area contributed by atoms with Crippen molar-refractivity contribution < 1.29 is 39.6 Å². The summed E-state index contributed by atoms with van der Waals surface area (Å²) >= 11 is 0. The van der Waals surface area contributed by atoms with Gasteiger partial charge >= 0.3 is 0 Å². The molecule has 5 rings (SSSR count). The lowest BCUT2D eigenvalue weighted by Gasteiger charge is -2.31. The number of carbonyl (C=O) groups excluding carboxylic acids is 1. The van der Waals surface area contributed by atoms with Crippen molar-refractivity contribution in [3.8, 4) is 0 Å². The maximum Gasteiger partial charge on any atom is 0.253 e. The van der Waals surface area contributed by atoms with Crippen LogP contribution in [0, 0.1) is 34.9 Å². The molecule has 1 saturated carbocycles. The molecule has 0 radical (unpaired) electrons. The monoisotopic (exact) mass is 778 g/mol. The zero-order valence-electron chi connectivity index (χ0n) is 30.6. The molecule has 0 atom stereocenters. The first-order valence-corrected chi connectivity index (χ1v) is 18.5. The van der Waals surface area contributed by atoms with E-state index in [4.69, 9.17) is 0 Å². The van der Waals surface area contributed by atoms with E-state index >= 15 is 8.78 Å². The Hall–Kier alpha value is -4.70. The fourth-order valence-corrected chi connectivity index (χ4v) is 7.64. The molecule has 1 fully saturated rings. The molecule has 0 N–H and O–H groups in total. The molecule has 54 heavy (non-hydrogen) atoms. The number of likely N-dealkylation sites (N-methyl/N-ethyl adjacent to an activating group) is 1. The lowest BCUT2D eigenvalue weighted by molar-refractivity contribution is -0.132. The second kappa shape index (κ2) is 15.2. The molecular formula is C38H40F6N4O5S. The molecule has 0 aliphatic heterocycles. The third kappa shape index (κ3) is 8.04. The van der Waals surface area contributed by atoms with Crippen LogP contribution in [0.15, 0.2) is 56.9 Å². The van der Waals surface area contributed by atoms with Crippen LogP contribution in [0.4, 0.5) is 37.7 Å². The van der Waals surface area contributed by atoms with Crippen LogP contribution in [0.2, 0.25) is 0 Å². The van der Waals surface area contributed by atoms with Gasteiger partial charge in [-0.3, -0.25) is 14.4 Å². The van der Waals surface area contributed by atoms with Crippen molar-refractivity contribution in [2.75, 3.05) is 50.6 Å². The Morgan fingerprint density at radius 3 is 1.91 bits per heavy atom. The summed E-state index contributed by atoms with van der Waals surface area (Å²) in [4.78, 5) is 41.1. The number of benzene rings is 3. The van der Waals surface area contributed by atoms with Crippen molar-refractivity contribution in [1.29, 1.82) is 0 Å². The highest BCUT2D eigenvalue weighted by molar-refractivity contribution is 7.89. The molecule has 0 bridgehead atoms. The highest BCUT2D eigenvalue weighted by Crippen LogP contribution is 2.42. The fraction of sp³-hybridized carbons (Fsp3) is 0.395. The molecule has 0 unspecified atom stereocenters. The molecule has 0 saturated heterocycles. The van der Waals surface area contributed by atoms with E-state index in [0.717, 1.165) is 36.1 Å². The van der Waals surface area contributed by atoms with E-state index in [1.54, 1.807) is 14.1 Å². The molecule has 16 heteroatoms. The molecule has 1 aliphatic rings. The summed E-state index contributed by atoms with van der Waals surface area (Å²) < 4.78 is 115. The molecular weight excluding hydrogens is 738 g/mol. The van der Waals surface area contributed by atoms with E-state index < -0.39 is 79.7 Å². The molecule has 1 amide bonds. The number of rotatable bonds is 14. The van der Waals surface area contributed by atoms with Gasteiger partial charge in [0.1, 0.15) is 17.2 Å². The van der Waals surface area contributed by atoms with Gasteiger partial charge in [0.25, 0.3) is 10.9 Å². The predicted molar refractivity (Wildman–Crippen MR) is 192 cm³/mol. The minimum atomic E-state index is -5.73. The summed E-state index contributed by atoms with van der Waals surface area (Å²) in [7, 11) is -1.04. The molecule has 0 aromatic heterocycles. The van der Waals surface area contributed by atoms with Crippen LogP contribution < -0.4 is 20.7 Å². The van der Waals surface area contributed by atoms with E-state index in [9.17, 15) is 40.4 Å². The van der Waals surface area contributed by atoms with E-state index in [-0.39, 0.29) is 46.3 Å². The predicted octanol–water partition coefficient (Wildman–Crippen LogP) is 5.71. The molecule has 9 nitrogen and oxygen atoms in total. The number of sulfonamides is 1. The Bertz CT molecular complexity index is 2250. The minimum Gasteiger partial charge on any atom is -0.373 e. The topological polar surface area (TPSA) is 98.3 Å². The third-order valence-electron chi connectivity index (χ3n) is 9.43. The van der Waals surface area contributed by atoms with Gasteiger partial charge in [-0.2, -0.15) is 4.31 Å². The molecule has 4 aromatic carbocycles. The van der Waals surface area contributed by atoms with Gasteiger partial charge in [-0.25, -0.2) is 34.8 Å². The summed E-state index contributed by atoms with van der Waals surface area (Å²) in [6, 6.07) is 10.6. The van der Waals surface area contributed by atoms with E-state index in [1.807, 2.05) is 32.9 Å². The van der Waals surface area contributed by atoms with E-state index in [1.165, 1.54) is 33.9 Å². The van der Waals surface area contributed by atoms with Gasteiger partial charge < -0.3 is 14.7 Å². The number of nitrogens with zero attached hydrogens (tertiary/aromatic N) is 4. The Labute approximate surface area is 309 Å². The average Bonchev–Trinajstić information content (AvgIpc) is 3.96. The average molecular weight is 779 g/mol. The summed E-state index contributed by atoms with van der Waals surface area (Å²) in [6.45, 7) is 3.44. The highest BCUT2D eigenvalue weighted by atomic mass is 32.2. The fourth-order valence-electron chi connectivity index (χ4n) is 6.16. The van der Waals surface area contributed by atoms with Crippen molar-refractivity contribution in [3.63, 3.8) is 0 Å². The maximum atomic E-state index is 15.0. The quantitative estimate of drug-likeness (QED) is 0.0700. The van der Waals surface area contributed by atoms with Crippen LogP contribution >= 0.6 is 0 Å². The van der Waals surface area contributed by atoms with Crippen LogP contribution in [-0.2, 0) is 33.3 Å². The maximum absolute atomic E-state index is 15.0. The number of halogens is 6. The number of hydrogen-bond donors (Lipinski definition) is 0. The Kier molecular flexibility index (Phi) is 11.4. The number of amides is 1. The lowest BCUT2D eigenvalue weighted by Crippen LogP contribution is -2.47. The van der Waals surface area contributed by atoms with Gasteiger partial charge in [0, 0.05) is 52.9 Å². The second-order valence-corrected chi connectivity index (χ2v) is 16.6. The smallest absolute Gasteiger partial charge is 0.253 e. The van der Waals surface area contributed by atoms with Crippen molar-refractivity contribution in [1.82, 2.24) is 9.21 Å². The SMILES string of the molecule is CN(C)c1c(N(C)CCN(Cc2cc(C3CC3)cc(C(C)(C)C)c2)C(=O)CN(Cc2ccccc2F)S(=O)(=O)c2c(F)c(F)c(F)c(F)c2F)c(=O)c1=O. The van der Waals surface area contributed by atoms with Crippen molar-refractivity contribution in [2.24, 2.45) is 0 Å². The zero-order valence-corrected chi connectivity index (χ0v) is 31.4. The Morgan fingerprint density at radius 2 is 1.35 bits per heavy atom. The Morgan fingerprint density at radius 1 is 0.778 bits per heavy atom. The second-order valence-electron chi connectivity index (χ2n) is 14.7. The highest BCUT2D eigenvalue weighted by Gasteiger charge is 2.39. The third-order valence-corrected chi connectivity index (χ3v) is 11.2. The van der Waals surface area contributed by atoms with E-state index in [2.05, 4.69) is 6.07 Å². The van der Waals surface area contributed by atoms with Crippen LogP contribution in [0.3, 0.4) is 0 Å². The molecule has 1 aliphatic carbocycles. The van der Waals surface area contributed by atoms with Crippen LogP contribution in [0.1, 0.15) is 61.8 Å². The molecule has 4 aromatic rings. The Balaban J connectivity index is 1.57. The van der Waals surface area contributed by atoms with Crippen LogP contribution in [0.5, 0.6) is 0 Å². The van der Waals surface area contributed by atoms with E-state index in [0.29, 0.717) is 11.5 Å². The van der Waals surface area contributed by atoms with Gasteiger partial charge in [-0.1, -0.05) is 57.2 Å². The van der Waals surface area contributed by atoms with Gasteiger partial charge in [0.05, 0.1) is 6.54 Å². The van der Waals surface area contributed by atoms with Gasteiger partial charge in [-0.15, -0.1) is 0 Å². The van der Waals surface area contributed by atoms with Crippen molar-refractivity contribution >= 4 is 27.3 Å². The first-order valence-electron chi connectivity index (χ1n) is 17.0. The molecule has 290 valence electrons. The number of carbonyl (C=O) groups is 1. The van der Waals surface area contributed by atoms with Crippen molar-refractivity contribution in [2.45, 2.75) is 62.9 Å². The van der Waals surface area contributed by atoms with Gasteiger partial charge in [0.2, 0.25) is 21.7 Å². The number of anilines is 2. The first kappa shape index (κ1) is 40.5. The van der Waals surface area contributed by atoms with Crippen LogP contribution in [0.25, 0.3) is 0 Å². The molecule has 0 spiro atoms. The summed E-state index contributed by atoms with van der Waals surface area (Å²) in [6.07, 6.45) is 1.94. The van der Waals surface area contributed by atoms with Crippen molar-refractivity contribution in [3.05, 3.63) is 120 Å². The standard InChI is InChI=1S/C38H40F6N4O5S/c1-38(2,3)25-16-21(15-24(17-25)22-11-12-22)18-47(14-13-46(6)34-33(45(4)5)35(50)36(34)51)27(49)20-48(19-23-9-7-8-10-26(23)39)54(52,53)37-31(43)29(41)28(40)30(42)32(37)44/h7-10,15-17,22H,11-14,18-20H2,1-6H3. The summed E-state index contributed by atoms with van der Waals surface area (Å²) in [5.74, 6) is -14.5.